The maximum absolute atomic E-state index is 6.20. The summed E-state index contributed by atoms with van der Waals surface area (Å²) in [6.07, 6.45) is 0. The van der Waals surface area contributed by atoms with Gasteiger partial charge in [0.25, 0.3) is 0 Å². The maximum atomic E-state index is 6.20. The molecule has 2 N–H and O–H groups in total. The van der Waals surface area contributed by atoms with Crippen LogP contribution in [0.25, 0.3) is 11.1 Å². The summed E-state index contributed by atoms with van der Waals surface area (Å²) in [6, 6.07) is 9.86. The third-order valence-electron chi connectivity index (χ3n) is 3.39. The Labute approximate surface area is 122 Å². The van der Waals surface area contributed by atoms with Crippen LogP contribution in [0, 0.1) is 0 Å². The molecule has 0 radical (unpaired) electrons. The van der Waals surface area contributed by atoms with Crippen LogP contribution in [0.1, 0.15) is 43.1 Å². The average Bonchev–Trinajstić information content (AvgIpc) is 3.05. The van der Waals surface area contributed by atoms with Crippen molar-refractivity contribution in [2.24, 2.45) is 5.73 Å². The highest BCUT2D eigenvalue weighted by atomic mass is 32.1. The summed E-state index contributed by atoms with van der Waals surface area (Å²) in [5.74, 6) is 0.577. The van der Waals surface area contributed by atoms with Gasteiger partial charge in [-0.3, -0.25) is 0 Å². The van der Waals surface area contributed by atoms with E-state index in [0.717, 1.165) is 16.0 Å². The van der Waals surface area contributed by atoms with Crippen LogP contribution in [0.4, 0.5) is 0 Å². The van der Waals surface area contributed by atoms with Gasteiger partial charge < -0.3 is 10.2 Å². The molecular formula is C16H18N2OS. The molecule has 0 bridgehead atoms. The van der Waals surface area contributed by atoms with E-state index in [1.807, 2.05) is 23.6 Å². The lowest BCUT2D eigenvalue weighted by Crippen LogP contribution is -2.10. The lowest BCUT2D eigenvalue weighted by Gasteiger charge is -2.18. The fraction of sp³-hybridized carbons (Fsp3) is 0.312. The third kappa shape index (κ3) is 2.37. The van der Waals surface area contributed by atoms with Crippen LogP contribution in [0.15, 0.2) is 40.1 Å². The molecule has 20 heavy (non-hydrogen) atoms. The largest absolute Gasteiger partial charge is 0.439 e. The Morgan fingerprint density at radius 3 is 2.70 bits per heavy atom. The molecule has 0 saturated heterocycles. The van der Waals surface area contributed by atoms with Crippen molar-refractivity contribution in [1.29, 1.82) is 0 Å². The Morgan fingerprint density at radius 1 is 1.25 bits per heavy atom. The number of nitrogens with zero attached hydrogens (tertiary/aromatic N) is 1. The normalized spacial score (nSPS) is 13.8. The molecule has 3 rings (SSSR count). The van der Waals surface area contributed by atoms with Crippen molar-refractivity contribution >= 4 is 22.4 Å². The van der Waals surface area contributed by atoms with E-state index in [-0.39, 0.29) is 11.5 Å². The Balaban J connectivity index is 2.03. The lowest BCUT2D eigenvalue weighted by molar-refractivity contribution is 0.507. The zero-order valence-electron chi connectivity index (χ0n) is 11.9. The number of hydrogen-bond acceptors (Lipinski definition) is 4. The molecule has 1 atom stereocenters. The minimum atomic E-state index is -0.291. The molecule has 0 aliphatic rings. The topological polar surface area (TPSA) is 52.0 Å². The van der Waals surface area contributed by atoms with E-state index in [1.54, 1.807) is 11.3 Å². The van der Waals surface area contributed by atoms with E-state index >= 15 is 0 Å². The van der Waals surface area contributed by atoms with Crippen LogP contribution in [0.3, 0.4) is 0 Å². The van der Waals surface area contributed by atoms with Crippen molar-refractivity contribution in [2.45, 2.75) is 32.2 Å². The highest BCUT2D eigenvalue weighted by Gasteiger charge is 2.19. The zero-order chi connectivity index (χ0) is 14.3. The number of nitrogens with two attached hydrogens (primary N) is 1. The Bertz CT molecular complexity index is 723. The average molecular weight is 286 g/mol. The minimum Gasteiger partial charge on any atom is -0.439 e. The van der Waals surface area contributed by atoms with Gasteiger partial charge in [0.1, 0.15) is 11.6 Å². The fourth-order valence-electron chi connectivity index (χ4n) is 2.13. The van der Waals surface area contributed by atoms with Gasteiger partial charge in [0.2, 0.25) is 5.89 Å². The number of thiophene rings is 1. The quantitative estimate of drug-likeness (QED) is 0.766. The summed E-state index contributed by atoms with van der Waals surface area (Å²) in [6.45, 7) is 6.56. The molecular weight excluding hydrogens is 268 g/mol. The first-order valence-corrected chi connectivity index (χ1v) is 7.53. The monoisotopic (exact) mass is 286 g/mol. The molecule has 0 spiro atoms. The van der Waals surface area contributed by atoms with E-state index in [4.69, 9.17) is 10.2 Å². The highest BCUT2D eigenvalue weighted by Crippen LogP contribution is 2.29. The van der Waals surface area contributed by atoms with Crippen molar-refractivity contribution in [1.82, 2.24) is 4.98 Å². The molecule has 3 nitrogen and oxygen atoms in total. The molecule has 0 aliphatic heterocycles. The smallest absolute Gasteiger partial charge is 0.217 e. The second-order valence-corrected chi connectivity index (χ2v) is 6.96. The Kier molecular flexibility index (Phi) is 3.15. The lowest BCUT2D eigenvalue weighted by atomic mass is 9.87. The van der Waals surface area contributed by atoms with Crippen LogP contribution < -0.4 is 5.73 Å². The van der Waals surface area contributed by atoms with Crippen LogP contribution in [-0.2, 0) is 5.41 Å². The highest BCUT2D eigenvalue weighted by molar-refractivity contribution is 7.10. The van der Waals surface area contributed by atoms with Gasteiger partial charge in [-0.2, -0.15) is 0 Å². The molecule has 104 valence electrons. The van der Waals surface area contributed by atoms with E-state index in [2.05, 4.69) is 37.9 Å². The minimum absolute atomic E-state index is 0.100. The van der Waals surface area contributed by atoms with Crippen molar-refractivity contribution in [3.8, 4) is 0 Å². The molecule has 1 unspecified atom stereocenters. The van der Waals surface area contributed by atoms with Gasteiger partial charge in [-0.05, 0) is 34.6 Å². The van der Waals surface area contributed by atoms with Gasteiger partial charge in [0.05, 0.1) is 0 Å². The summed E-state index contributed by atoms with van der Waals surface area (Å²) in [5.41, 5.74) is 9.21. The first-order chi connectivity index (χ1) is 9.45. The molecule has 0 saturated carbocycles. The number of aromatic nitrogens is 1. The predicted octanol–water partition coefficient (Wildman–Crippen LogP) is 4.23. The summed E-state index contributed by atoms with van der Waals surface area (Å²) >= 11 is 1.62. The molecule has 4 heteroatoms. The van der Waals surface area contributed by atoms with Gasteiger partial charge in [-0.1, -0.05) is 32.9 Å². The zero-order valence-corrected chi connectivity index (χ0v) is 12.7. The fourth-order valence-corrected chi connectivity index (χ4v) is 2.85. The van der Waals surface area contributed by atoms with Gasteiger partial charge in [-0.25, -0.2) is 4.98 Å². The molecule has 0 fully saturated rings. The van der Waals surface area contributed by atoms with Crippen LogP contribution >= 0.6 is 11.3 Å². The Morgan fingerprint density at radius 2 is 2.05 bits per heavy atom. The molecule has 0 amide bonds. The molecule has 2 heterocycles. The first-order valence-electron chi connectivity index (χ1n) is 6.65. The second-order valence-electron chi connectivity index (χ2n) is 5.98. The molecule has 2 aromatic heterocycles. The number of oxazole rings is 1. The van der Waals surface area contributed by atoms with Gasteiger partial charge >= 0.3 is 0 Å². The van der Waals surface area contributed by atoms with Crippen molar-refractivity contribution < 1.29 is 4.42 Å². The maximum Gasteiger partial charge on any atom is 0.217 e. The van der Waals surface area contributed by atoms with E-state index in [9.17, 15) is 0 Å². The van der Waals surface area contributed by atoms with Crippen LogP contribution in [-0.4, -0.2) is 4.98 Å². The third-order valence-corrected chi connectivity index (χ3v) is 4.34. The Hall–Kier alpha value is -1.65. The van der Waals surface area contributed by atoms with Crippen LogP contribution in [0.5, 0.6) is 0 Å². The number of fused-ring (bicyclic) bond motifs is 1. The number of hydrogen-bond donors (Lipinski definition) is 1. The SMILES string of the molecule is CC(C)(C)c1ccc2oc(C(N)c3cccs3)nc2c1. The molecule has 1 aromatic carbocycles. The molecule has 3 aromatic rings. The molecule has 0 aliphatic carbocycles. The number of rotatable bonds is 2. The predicted molar refractivity (Wildman–Crippen MR) is 83.1 cm³/mol. The standard InChI is InChI=1S/C16H18N2OS/c1-16(2,3)10-6-7-12-11(9-10)18-15(19-12)14(17)13-5-4-8-20-13/h4-9,14H,17H2,1-3H3. The van der Waals surface area contributed by atoms with Gasteiger partial charge in [0, 0.05) is 4.88 Å². The van der Waals surface area contributed by atoms with Crippen molar-refractivity contribution in [3.63, 3.8) is 0 Å². The summed E-state index contributed by atoms with van der Waals surface area (Å²) in [7, 11) is 0. The van der Waals surface area contributed by atoms with Gasteiger partial charge in [-0.15, -0.1) is 11.3 Å². The van der Waals surface area contributed by atoms with E-state index in [0.29, 0.717) is 5.89 Å². The van der Waals surface area contributed by atoms with E-state index < -0.39 is 0 Å². The van der Waals surface area contributed by atoms with E-state index in [1.165, 1.54) is 5.56 Å². The summed E-state index contributed by atoms with van der Waals surface area (Å²) in [5, 5.41) is 2.01. The summed E-state index contributed by atoms with van der Waals surface area (Å²) in [4.78, 5) is 5.62. The van der Waals surface area contributed by atoms with Gasteiger partial charge in [0.15, 0.2) is 5.58 Å². The van der Waals surface area contributed by atoms with Crippen LogP contribution in [0.2, 0.25) is 0 Å². The van der Waals surface area contributed by atoms with Crippen molar-refractivity contribution in [2.75, 3.05) is 0 Å². The first kappa shape index (κ1) is 13.3. The summed E-state index contributed by atoms with van der Waals surface area (Å²) < 4.78 is 5.79. The van der Waals surface area contributed by atoms with Crippen molar-refractivity contribution in [3.05, 3.63) is 52.0 Å². The second kappa shape index (κ2) is 4.72. The number of benzene rings is 1.